The number of nitrogens with zero attached hydrogens (tertiary/aromatic N) is 4. The van der Waals surface area contributed by atoms with Gasteiger partial charge in [0.05, 0.1) is 91.0 Å². The number of fused-ring (bicyclic) bond motifs is 1. The van der Waals surface area contributed by atoms with E-state index in [1.807, 2.05) is 51.1 Å². The molecule has 8 rings (SSSR count). The van der Waals surface area contributed by atoms with Gasteiger partial charge in [-0.15, -0.1) is 22.0 Å². The molecule has 139 heavy (non-hydrogen) atoms. The van der Waals surface area contributed by atoms with Crippen molar-refractivity contribution < 1.29 is 120 Å². The molecule has 43 nitrogen and oxygen atoms in total. The summed E-state index contributed by atoms with van der Waals surface area (Å²) in [4.78, 5) is 199. The van der Waals surface area contributed by atoms with Crippen LogP contribution in [-0.2, 0) is 120 Å². The van der Waals surface area contributed by atoms with Gasteiger partial charge in [0.15, 0.2) is 5.82 Å². The van der Waals surface area contributed by atoms with Gasteiger partial charge in [-0.1, -0.05) is 90.0 Å². The molecule has 13 atom stereocenters. The molecule has 1 saturated carbocycles. The van der Waals surface area contributed by atoms with E-state index < -0.39 is 187 Å². The number of unbranched alkanes of at least 4 members (excludes halogenated alkanes) is 1. The van der Waals surface area contributed by atoms with E-state index in [9.17, 15) is 87.5 Å². The number of aliphatic hydroxyl groups is 3. The van der Waals surface area contributed by atoms with Crippen LogP contribution in [0.1, 0.15) is 144 Å². The molecule has 0 radical (unpaired) electrons. The summed E-state index contributed by atoms with van der Waals surface area (Å²) in [6.07, 6.45) is 2.54. The molecule has 1 fully saturated rings. The Morgan fingerprint density at radius 2 is 1.21 bits per heavy atom. The fourth-order valence-corrected chi connectivity index (χ4v) is 15.5. The zero-order chi connectivity index (χ0) is 101. The number of benzene rings is 4. The van der Waals surface area contributed by atoms with Crippen LogP contribution in [0.3, 0.4) is 0 Å². The van der Waals surface area contributed by atoms with Gasteiger partial charge in [-0.2, -0.15) is 5.21 Å². The molecule has 2 aliphatic rings. The number of nitrogens with two attached hydrogens (primary N) is 1. The number of carboxylic acids is 1. The highest BCUT2D eigenvalue weighted by Gasteiger charge is 2.50. The molecule has 4 aromatic carbocycles. The van der Waals surface area contributed by atoms with Crippen LogP contribution >= 0.6 is 0 Å². The van der Waals surface area contributed by atoms with Crippen LogP contribution in [0.5, 0.6) is 5.75 Å². The number of carboxylic acid groups (broad SMARTS) is 1. The molecule has 2 aliphatic carbocycles. The summed E-state index contributed by atoms with van der Waals surface area (Å²) >= 11 is 0. The number of carbonyl (C=O) groups is 14. The monoisotopic (exact) mass is 1940 g/mol. The fourth-order valence-electron chi connectivity index (χ4n) is 15.5. The number of hydrogen-bond donors (Lipinski definition) is 19. The Labute approximate surface area is 804 Å². The molecule has 0 aliphatic heterocycles. The molecule has 44 heteroatoms. The van der Waals surface area contributed by atoms with E-state index in [4.69, 9.17) is 34.2 Å². The lowest BCUT2D eigenvalue weighted by Gasteiger charge is -2.34. The van der Waals surface area contributed by atoms with Gasteiger partial charge in [-0.05, 0) is 169 Å². The van der Waals surface area contributed by atoms with Gasteiger partial charge in [0.1, 0.15) is 71.4 Å². The Morgan fingerprint density at radius 3 is 1.84 bits per heavy atom. The third-order valence-electron chi connectivity index (χ3n) is 23.3. The van der Waals surface area contributed by atoms with E-state index in [0.29, 0.717) is 126 Å². The maximum atomic E-state index is 15.6. The number of amides is 13. The molecule has 20 N–H and O–H groups in total. The molecule has 2 aromatic heterocycles. The molecule has 2 heterocycles. The molecular weight excluding hydrogens is 1810 g/mol. The number of aromatic nitrogens is 6. The summed E-state index contributed by atoms with van der Waals surface area (Å²) in [6, 6.07) is 10.6. The van der Waals surface area contributed by atoms with Crippen molar-refractivity contribution in [3.05, 3.63) is 148 Å². The SMILES string of the molecule is CCc1cc(OCCCCNC(=O)OCCOCCOCCOCCNC(=O)OCC2[C@H]3CCC#CCC[C@@H]23)ccc1-c1ccc(C[C@H](NC(=O)[C@H](CC(=O)O)NC(=O)[C@H](CO)NC(=O)[C@@H](NC(=O)[C@](C)(Cc2ccccc2F)NC(=O)[C@@H](NC(=O)CNC(=O)[C@H](Cc2nn[nH]n2)NC(=O)C(C)(C)C(=O)NCCc2cnc[nH]2)[C@@H](C)O)[C@@H](C)O)C(=O)N[C@@H](CCCc2cc(C)cc(C)c2)C(N)=O)cc1. The molecule has 13 amide bonds. The predicted octanol–water partition coefficient (Wildman–Crippen LogP) is 0.543. The number of aromatic amines is 2. The molecule has 0 bridgehead atoms. The first-order valence-electron chi connectivity index (χ1n) is 46.3. The van der Waals surface area contributed by atoms with Gasteiger partial charge in [0.2, 0.25) is 65.0 Å². The van der Waals surface area contributed by atoms with Crippen LogP contribution in [0.15, 0.2) is 97.5 Å². The number of aryl methyl sites for hydroxylation is 4. The second-order valence-corrected chi connectivity index (χ2v) is 34.8. The number of carbonyl (C=O) groups excluding carboxylic acids is 13. The van der Waals surface area contributed by atoms with Gasteiger partial charge in [-0.3, -0.25) is 57.5 Å². The van der Waals surface area contributed by atoms with E-state index in [1.54, 1.807) is 36.5 Å². The summed E-state index contributed by atoms with van der Waals surface area (Å²) in [6.45, 7) is 12.6. The van der Waals surface area contributed by atoms with Crippen molar-refractivity contribution in [3.8, 4) is 28.7 Å². The molecule has 1 unspecified atom stereocenters. The van der Waals surface area contributed by atoms with Crippen LogP contribution in [0, 0.1) is 54.7 Å². The number of tetrazole rings is 1. The topological polar surface area (TPSA) is 629 Å². The average molecular weight is 1940 g/mol. The van der Waals surface area contributed by atoms with Crippen LogP contribution in [0.2, 0.25) is 0 Å². The normalized spacial score (nSPS) is 16.1. The minimum Gasteiger partial charge on any atom is -0.494 e. The number of aliphatic hydroxyl groups excluding tert-OH is 3. The standard InChI is InChI=1S/C95H130FN19O24/c1-9-62-47-66(137-35-17-16-32-100-92(132)138-42-41-136-40-39-135-38-37-134-36-34-101-93(133)139-54-70-68-21-12-10-11-13-22-69(68)70)29-30-67(62)63-27-25-60(26-28-63)46-73(84(124)104-72(82(97)122)24-18-19-61-44-56(2)43-57(3)45-61)105-85(125)75(49-79(120)121)106-86(126)76(53-116)107-87(127)80(58(4)117)110-91(131)95(8,50-64-20-14-15-23-71(64)96)111-88(128)81(59(5)118)109-78(119)52-102-83(123)74(48-77-112-114-115-113-77)108-90(130)94(6,7)89(129)99-33-31-65-51-98-55-103-65/h14-15,20,23,25-30,43-45,47,51,55,58-59,68-70,72-76,80-81,116-118H,9,12-13,16-19,21-22,24,31-42,46,48-50,52-54H2,1-8H3,(H2,97,122)(H,98,103)(H,99,129)(H,100,132)(H,101,133)(H,102,123)(H,104,124)(H,105,125)(H,106,126)(H,107,127)(H,108,130)(H,109,119)(H,110,131)(H,111,128)(H,120,121)(H,112,113,114,115)/t58-,59-,68-,69+,70?,72+,73+,74+,75+,76+,80+,81+,95+/m1/s1. The number of alkyl carbamates (subject to hydrolysis) is 2. The Kier molecular flexibility index (Phi) is 44.8. The van der Waals surface area contributed by atoms with E-state index >= 15 is 4.39 Å². The van der Waals surface area contributed by atoms with Crippen LogP contribution in [0.25, 0.3) is 11.1 Å². The van der Waals surface area contributed by atoms with E-state index in [2.05, 4.69) is 106 Å². The first kappa shape index (κ1) is 111. The summed E-state index contributed by atoms with van der Waals surface area (Å²) < 4.78 is 48.9. The van der Waals surface area contributed by atoms with Crippen molar-refractivity contribution in [2.75, 3.05) is 92.2 Å². The maximum Gasteiger partial charge on any atom is 0.407 e. The predicted molar refractivity (Wildman–Crippen MR) is 498 cm³/mol. The zero-order valence-corrected chi connectivity index (χ0v) is 79.4. The van der Waals surface area contributed by atoms with Crippen molar-refractivity contribution in [1.29, 1.82) is 0 Å². The Bertz CT molecular complexity index is 5120. The second-order valence-electron chi connectivity index (χ2n) is 34.8. The largest absolute Gasteiger partial charge is 0.494 e. The second kappa shape index (κ2) is 56.3. The molecule has 6 aromatic rings. The van der Waals surface area contributed by atoms with E-state index in [1.165, 1.54) is 38.4 Å². The van der Waals surface area contributed by atoms with Crippen molar-refractivity contribution in [2.45, 2.75) is 212 Å². The smallest absolute Gasteiger partial charge is 0.407 e. The molecule has 0 spiro atoms. The number of aliphatic carboxylic acids is 1. The maximum absolute atomic E-state index is 15.6. The minimum atomic E-state index is -2.42. The fraction of sp³-hybridized carbons (Fsp3) is 0.537. The summed E-state index contributed by atoms with van der Waals surface area (Å²) in [7, 11) is 0. The number of nitrogens with one attached hydrogen (secondary N) is 14. The van der Waals surface area contributed by atoms with Crippen molar-refractivity contribution in [3.63, 3.8) is 0 Å². The zero-order valence-electron chi connectivity index (χ0n) is 79.4. The third kappa shape index (κ3) is 37.0. The highest BCUT2D eigenvalue weighted by Crippen LogP contribution is 2.52. The molecule has 0 saturated heterocycles. The van der Waals surface area contributed by atoms with Crippen LogP contribution < -0.4 is 74.3 Å². The number of imidazole rings is 1. The summed E-state index contributed by atoms with van der Waals surface area (Å²) in [5.74, 6) is -6.48. The first-order valence-corrected chi connectivity index (χ1v) is 46.3. The van der Waals surface area contributed by atoms with Crippen LogP contribution in [-0.4, -0.2) is 286 Å². The average Bonchev–Trinajstić information content (AvgIpc) is 1.63. The van der Waals surface area contributed by atoms with Crippen LogP contribution in [0.4, 0.5) is 14.0 Å². The Hall–Kier alpha value is -13.6. The number of primary amides is 1. The van der Waals surface area contributed by atoms with Gasteiger partial charge in [0.25, 0.3) is 0 Å². The minimum absolute atomic E-state index is 0.0325. The van der Waals surface area contributed by atoms with E-state index in [0.717, 1.165) is 85.9 Å². The van der Waals surface area contributed by atoms with Crippen molar-refractivity contribution in [2.24, 2.45) is 28.9 Å². The third-order valence-corrected chi connectivity index (χ3v) is 23.3. The van der Waals surface area contributed by atoms with Crippen molar-refractivity contribution >= 4 is 83.1 Å². The number of H-pyrrole nitrogens is 2. The van der Waals surface area contributed by atoms with Gasteiger partial charge >= 0.3 is 18.2 Å². The number of ether oxygens (including phenoxy) is 6. The summed E-state index contributed by atoms with van der Waals surface area (Å²) in [5.41, 5.74) is 8.08. The lowest BCUT2D eigenvalue weighted by molar-refractivity contribution is -0.143. The number of hydrogen-bond acceptors (Lipinski definition) is 27. The Balaban J connectivity index is 0.841. The number of rotatable bonds is 60. The number of halogens is 1. The lowest BCUT2D eigenvalue weighted by Crippen LogP contribution is -2.67. The van der Waals surface area contributed by atoms with Gasteiger partial charge in [0, 0.05) is 70.0 Å². The first-order chi connectivity index (χ1) is 66.4. The summed E-state index contributed by atoms with van der Waals surface area (Å²) in [5, 5.41) is 85.6. The van der Waals surface area contributed by atoms with Crippen molar-refractivity contribution in [1.82, 2.24) is 94.4 Å². The van der Waals surface area contributed by atoms with E-state index in [-0.39, 0.29) is 50.6 Å². The highest BCUT2D eigenvalue weighted by molar-refractivity contribution is 6.06. The lowest BCUT2D eigenvalue weighted by atomic mass is 9.90. The molecular formula is C95H130FN19O24. The van der Waals surface area contributed by atoms with Gasteiger partial charge < -0.3 is 123 Å². The molecule has 756 valence electrons. The Morgan fingerprint density at radius 1 is 0.590 bits per heavy atom. The van der Waals surface area contributed by atoms with Gasteiger partial charge in [-0.25, -0.2) is 19.0 Å². The quantitative estimate of drug-likeness (QED) is 0.0141. The highest BCUT2D eigenvalue weighted by atomic mass is 19.1.